The second-order valence-corrected chi connectivity index (χ2v) is 7.39. The Morgan fingerprint density at radius 2 is 1.95 bits per heavy atom. The Kier molecular flexibility index (Phi) is 2.67. The number of H-pyrrole nitrogens is 1. The molecule has 3 aromatic rings. The lowest BCUT2D eigenvalue weighted by molar-refractivity contribution is 0.579. The summed E-state index contributed by atoms with van der Waals surface area (Å²) < 4.78 is 23.4. The molecule has 2 aromatic heterocycles. The smallest absolute Gasteiger partial charge is 0.219 e. The van der Waals surface area contributed by atoms with Crippen LogP contribution in [-0.4, -0.2) is 23.4 Å². The van der Waals surface area contributed by atoms with Crippen LogP contribution in [0.5, 0.6) is 0 Å². The molecule has 1 fully saturated rings. The maximum absolute atomic E-state index is 12.2. The van der Waals surface area contributed by atoms with E-state index in [9.17, 15) is 8.42 Å². The van der Waals surface area contributed by atoms with E-state index in [-0.39, 0.29) is 5.92 Å². The van der Waals surface area contributed by atoms with Crippen molar-refractivity contribution in [2.75, 3.05) is 0 Å². The topological polar surface area (TPSA) is 102 Å². The number of aromatic amines is 1. The van der Waals surface area contributed by atoms with Gasteiger partial charge < -0.3 is 4.98 Å². The van der Waals surface area contributed by atoms with E-state index < -0.39 is 14.8 Å². The average Bonchev–Trinajstić information content (AvgIpc) is 3.12. The number of hydrogen-bond donors (Lipinski definition) is 2. The van der Waals surface area contributed by atoms with E-state index >= 15 is 0 Å². The summed E-state index contributed by atoms with van der Waals surface area (Å²) in [7, 11) is -3.75. The minimum atomic E-state index is -3.75. The van der Waals surface area contributed by atoms with Crippen molar-refractivity contribution in [1.82, 2.24) is 15.0 Å². The van der Waals surface area contributed by atoms with Crippen molar-refractivity contribution in [1.29, 1.82) is 0 Å². The number of pyridine rings is 1. The zero-order chi connectivity index (χ0) is 15.4. The number of sulfonamides is 1. The molecule has 1 aliphatic carbocycles. The fourth-order valence-electron chi connectivity index (χ4n) is 3.14. The minimum Gasteiger partial charge on any atom is -0.343 e. The van der Waals surface area contributed by atoms with Crippen molar-refractivity contribution in [3.63, 3.8) is 0 Å². The molecule has 0 spiro atoms. The molecule has 0 radical (unpaired) electrons. The van der Waals surface area contributed by atoms with Gasteiger partial charge >= 0.3 is 0 Å². The Morgan fingerprint density at radius 3 is 2.68 bits per heavy atom. The van der Waals surface area contributed by atoms with Crippen LogP contribution in [0.4, 0.5) is 0 Å². The van der Waals surface area contributed by atoms with Gasteiger partial charge in [0.05, 0.1) is 11.8 Å². The van der Waals surface area contributed by atoms with Crippen LogP contribution in [-0.2, 0) is 14.8 Å². The molecule has 1 saturated carbocycles. The van der Waals surface area contributed by atoms with Gasteiger partial charge in [-0.25, -0.2) is 23.5 Å². The Morgan fingerprint density at radius 1 is 1.18 bits per heavy atom. The normalized spacial score (nSPS) is 24.5. The summed E-state index contributed by atoms with van der Waals surface area (Å²) >= 11 is 0. The van der Waals surface area contributed by atoms with Crippen molar-refractivity contribution in [3.8, 4) is 0 Å². The second kappa shape index (κ2) is 4.37. The van der Waals surface area contributed by atoms with Crippen molar-refractivity contribution in [3.05, 3.63) is 60.0 Å². The van der Waals surface area contributed by atoms with Gasteiger partial charge in [0.25, 0.3) is 0 Å². The first-order chi connectivity index (χ1) is 10.5. The quantitative estimate of drug-likeness (QED) is 0.767. The first kappa shape index (κ1) is 13.4. The number of hydrogen-bond acceptors (Lipinski definition) is 4. The summed E-state index contributed by atoms with van der Waals surface area (Å²) in [6.45, 7) is 0. The van der Waals surface area contributed by atoms with Gasteiger partial charge in [-0.1, -0.05) is 30.3 Å². The first-order valence-electron chi connectivity index (χ1n) is 6.90. The van der Waals surface area contributed by atoms with Gasteiger partial charge in [0.2, 0.25) is 10.0 Å². The van der Waals surface area contributed by atoms with E-state index in [0.717, 1.165) is 5.52 Å². The number of benzene rings is 1. The molecule has 4 rings (SSSR count). The third kappa shape index (κ3) is 1.79. The van der Waals surface area contributed by atoms with Crippen LogP contribution in [0, 0.1) is 0 Å². The number of aromatic nitrogens is 3. The Bertz CT molecular complexity index is 952. The van der Waals surface area contributed by atoms with Gasteiger partial charge in [0, 0.05) is 11.6 Å². The predicted molar refractivity (Wildman–Crippen MR) is 82.5 cm³/mol. The molecule has 22 heavy (non-hydrogen) atoms. The largest absolute Gasteiger partial charge is 0.343 e. The molecule has 0 saturated heterocycles. The highest BCUT2D eigenvalue weighted by molar-refractivity contribution is 7.90. The Hall–Kier alpha value is -2.25. The third-order valence-corrected chi connectivity index (χ3v) is 6.04. The molecule has 1 aliphatic rings. The van der Waals surface area contributed by atoms with E-state index in [1.165, 1.54) is 0 Å². The summed E-state index contributed by atoms with van der Waals surface area (Å²) in [5.41, 5.74) is 2.83. The summed E-state index contributed by atoms with van der Waals surface area (Å²) in [6, 6.07) is 12.8. The van der Waals surface area contributed by atoms with Crippen LogP contribution in [0.15, 0.2) is 48.8 Å². The van der Waals surface area contributed by atoms with Crippen LogP contribution < -0.4 is 5.14 Å². The molecule has 2 unspecified atom stereocenters. The van der Waals surface area contributed by atoms with E-state index in [4.69, 9.17) is 5.14 Å². The number of nitrogens with zero attached hydrogens (tertiary/aromatic N) is 2. The lowest BCUT2D eigenvalue weighted by Gasteiger charge is -2.15. The van der Waals surface area contributed by atoms with E-state index in [2.05, 4.69) is 15.0 Å². The van der Waals surface area contributed by atoms with Crippen LogP contribution in [0.25, 0.3) is 11.2 Å². The molecule has 112 valence electrons. The highest BCUT2D eigenvalue weighted by Gasteiger charge is 2.65. The predicted octanol–water partition coefficient (Wildman–Crippen LogP) is 1.63. The molecule has 1 aromatic carbocycles. The van der Waals surface area contributed by atoms with E-state index in [0.29, 0.717) is 23.3 Å². The van der Waals surface area contributed by atoms with Crippen LogP contribution in [0.1, 0.15) is 23.6 Å². The minimum absolute atomic E-state index is 0.244. The van der Waals surface area contributed by atoms with Gasteiger partial charge in [-0.05, 0) is 24.1 Å². The third-order valence-electron chi connectivity index (χ3n) is 4.34. The summed E-state index contributed by atoms with van der Waals surface area (Å²) in [5.74, 6) is -0.244. The number of imidazole rings is 1. The summed E-state index contributed by atoms with van der Waals surface area (Å²) in [6.07, 6.45) is 2.01. The fraction of sp³-hybridized carbons (Fsp3) is 0.200. The molecule has 7 heteroatoms. The van der Waals surface area contributed by atoms with Crippen LogP contribution in [0.2, 0.25) is 0 Å². The number of rotatable bonds is 3. The lowest BCUT2D eigenvalue weighted by Crippen LogP contribution is -2.30. The van der Waals surface area contributed by atoms with Gasteiger partial charge in [-0.3, -0.25) is 0 Å². The molecule has 2 heterocycles. The Balaban J connectivity index is 1.83. The van der Waals surface area contributed by atoms with Crippen molar-refractivity contribution >= 4 is 21.2 Å². The van der Waals surface area contributed by atoms with Crippen molar-refractivity contribution < 1.29 is 8.42 Å². The molecule has 6 nitrogen and oxygen atoms in total. The summed E-state index contributed by atoms with van der Waals surface area (Å²) in [5, 5.41) is 5.55. The second-order valence-electron chi connectivity index (χ2n) is 5.57. The van der Waals surface area contributed by atoms with Crippen molar-refractivity contribution in [2.24, 2.45) is 5.14 Å². The van der Waals surface area contributed by atoms with Gasteiger partial charge in [0.15, 0.2) is 5.65 Å². The maximum Gasteiger partial charge on any atom is 0.219 e. The Labute approximate surface area is 127 Å². The highest BCUT2D eigenvalue weighted by Crippen LogP contribution is 2.62. The SMILES string of the molecule is NS(=O)(=O)C1(c2ccccc2)CC1c1ccc2[nH]cnc2n1. The number of nitrogens with one attached hydrogen (secondary N) is 1. The number of fused-ring (bicyclic) bond motifs is 1. The molecule has 0 bridgehead atoms. The first-order valence-corrected chi connectivity index (χ1v) is 8.45. The number of primary sulfonamides is 1. The zero-order valence-electron chi connectivity index (χ0n) is 11.6. The molecule has 0 aliphatic heterocycles. The molecular weight excluding hydrogens is 300 g/mol. The van der Waals surface area contributed by atoms with E-state index in [1.54, 1.807) is 18.5 Å². The van der Waals surface area contributed by atoms with Gasteiger partial charge in [-0.2, -0.15) is 0 Å². The molecular formula is C15H14N4O2S. The monoisotopic (exact) mass is 314 g/mol. The molecule has 0 amide bonds. The van der Waals surface area contributed by atoms with Crippen LogP contribution in [0.3, 0.4) is 0 Å². The standard InChI is InChI=1S/C15H14N4O2S/c16-22(20,21)15(10-4-2-1-3-5-10)8-11(15)12-6-7-13-14(19-12)18-9-17-13/h1-7,9,11H,8H2,(H2,16,20,21)(H,17,18,19). The number of nitrogens with two attached hydrogens (primary N) is 1. The summed E-state index contributed by atoms with van der Waals surface area (Å²) in [4.78, 5) is 11.6. The highest BCUT2D eigenvalue weighted by atomic mass is 32.2. The average molecular weight is 314 g/mol. The van der Waals surface area contributed by atoms with Gasteiger partial charge in [-0.15, -0.1) is 0 Å². The van der Waals surface area contributed by atoms with Crippen molar-refractivity contribution in [2.45, 2.75) is 17.1 Å². The fourth-order valence-corrected chi connectivity index (χ4v) is 4.52. The lowest BCUT2D eigenvalue weighted by atomic mass is 10.1. The maximum atomic E-state index is 12.2. The zero-order valence-corrected chi connectivity index (χ0v) is 12.4. The van der Waals surface area contributed by atoms with E-state index in [1.807, 2.05) is 30.3 Å². The molecule has 3 N–H and O–H groups in total. The molecule has 2 atom stereocenters. The van der Waals surface area contributed by atoms with Gasteiger partial charge in [0.1, 0.15) is 4.75 Å². The van der Waals surface area contributed by atoms with Crippen LogP contribution >= 0.6 is 0 Å².